The second-order valence-corrected chi connectivity index (χ2v) is 8.42. The number of fused-ring (bicyclic) bond motifs is 1. The van der Waals surface area contributed by atoms with Crippen LogP contribution in [0.5, 0.6) is 0 Å². The van der Waals surface area contributed by atoms with Gasteiger partial charge in [-0.3, -0.25) is 0 Å². The number of hydrogen-bond acceptors (Lipinski definition) is 2. The van der Waals surface area contributed by atoms with E-state index in [-0.39, 0.29) is 0 Å². The van der Waals surface area contributed by atoms with E-state index in [0.717, 1.165) is 26.5 Å². The molecule has 0 aliphatic heterocycles. The first-order chi connectivity index (χ1) is 10.7. The van der Waals surface area contributed by atoms with E-state index in [1.54, 1.807) is 0 Å². The van der Waals surface area contributed by atoms with E-state index in [4.69, 9.17) is 0 Å². The molecule has 1 unspecified atom stereocenters. The number of nitrogens with zero attached hydrogens (tertiary/aromatic N) is 1. The van der Waals surface area contributed by atoms with E-state index in [2.05, 4.69) is 41.3 Å². The molecule has 0 saturated carbocycles. The first-order valence-electron chi connectivity index (χ1n) is 7.28. The van der Waals surface area contributed by atoms with Crippen LogP contribution in [-0.2, 0) is 9.15 Å². The van der Waals surface area contributed by atoms with Gasteiger partial charge in [0.05, 0.1) is 0 Å². The zero-order chi connectivity index (χ0) is 15.5. The van der Waals surface area contributed by atoms with Crippen molar-refractivity contribution in [1.82, 2.24) is 0 Å². The molecule has 3 aromatic carbocycles. The van der Waals surface area contributed by atoms with Gasteiger partial charge < -0.3 is 0 Å². The van der Waals surface area contributed by atoms with Gasteiger partial charge in [-0.05, 0) is 0 Å². The van der Waals surface area contributed by atoms with Crippen molar-refractivity contribution < 1.29 is 3.83 Å². The predicted octanol–water partition coefficient (Wildman–Crippen LogP) is 3.32. The van der Waals surface area contributed by atoms with Crippen LogP contribution in [0.4, 0.5) is 5.69 Å². The SMILES string of the molecule is CN(C)c1ccc2ccccc2c1[Se](=O)Cc1ccccc1. The Kier molecular flexibility index (Phi) is 4.37. The molecule has 3 aromatic rings. The molecule has 0 aliphatic carbocycles. The molecule has 0 radical (unpaired) electrons. The molecule has 3 rings (SSSR count). The molecular formula is C19H19NOSe. The molecule has 1 atom stereocenters. The van der Waals surface area contributed by atoms with Crippen LogP contribution in [0.2, 0.25) is 0 Å². The van der Waals surface area contributed by atoms with Gasteiger partial charge in [0.1, 0.15) is 0 Å². The molecule has 0 bridgehead atoms. The first kappa shape index (κ1) is 15.0. The third-order valence-corrected chi connectivity index (χ3v) is 6.81. The average molecular weight is 356 g/mol. The minimum atomic E-state index is -2.17. The Labute approximate surface area is 135 Å². The summed E-state index contributed by atoms with van der Waals surface area (Å²) in [5.41, 5.74) is 2.20. The van der Waals surface area contributed by atoms with Crippen LogP contribution in [0.1, 0.15) is 5.56 Å². The van der Waals surface area contributed by atoms with Gasteiger partial charge in [0.15, 0.2) is 0 Å². The molecule has 0 N–H and O–H groups in total. The molecule has 0 saturated heterocycles. The summed E-state index contributed by atoms with van der Waals surface area (Å²) in [5, 5.41) is 2.90. The summed E-state index contributed by atoms with van der Waals surface area (Å²) in [6.07, 6.45) is 0. The monoisotopic (exact) mass is 357 g/mol. The van der Waals surface area contributed by atoms with Crippen molar-refractivity contribution in [3.63, 3.8) is 0 Å². The van der Waals surface area contributed by atoms with Gasteiger partial charge in [0.2, 0.25) is 0 Å². The quantitative estimate of drug-likeness (QED) is 0.669. The van der Waals surface area contributed by atoms with Crippen LogP contribution in [0.3, 0.4) is 0 Å². The number of hydrogen-bond donors (Lipinski definition) is 0. The van der Waals surface area contributed by atoms with Gasteiger partial charge in [0, 0.05) is 0 Å². The van der Waals surface area contributed by atoms with Crippen LogP contribution >= 0.6 is 0 Å². The summed E-state index contributed by atoms with van der Waals surface area (Å²) in [7, 11) is 4.02. The van der Waals surface area contributed by atoms with Gasteiger partial charge in [-0.25, -0.2) is 0 Å². The molecule has 0 heterocycles. The maximum absolute atomic E-state index is 13.1. The van der Waals surface area contributed by atoms with Crippen LogP contribution in [0.15, 0.2) is 66.7 Å². The van der Waals surface area contributed by atoms with E-state index >= 15 is 0 Å². The molecule has 0 fully saturated rings. The van der Waals surface area contributed by atoms with E-state index in [0.29, 0.717) is 5.32 Å². The molecule has 0 aliphatic rings. The second kappa shape index (κ2) is 6.43. The van der Waals surface area contributed by atoms with Crippen molar-refractivity contribution in [3.8, 4) is 0 Å². The van der Waals surface area contributed by atoms with Crippen LogP contribution in [0, 0.1) is 0 Å². The number of rotatable bonds is 4. The Bertz CT molecular complexity index is 812. The van der Waals surface area contributed by atoms with Gasteiger partial charge in [-0.2, -0.15) is 0 Å². The molecule has 112 valence electrons. The first-order valence-corrected chi connectivity index (χ1v) is 10.0. The van der Waals surface area contributed by atoms with E-state index in [1.807, 2.05) is 44.4 Å². The topological polar surface area (TPSA) is 20.3 Å². The normalized spacial score (nSPS) is 12.3. The number of benzene rings is 3. The van der Waals surface area contributed by atoms with Crippen molar-refractivity contribution in [2.45, 2.75) is 5.32 Å². The number of anilines is 1. The molecule has 0 amide bonds. The zero-order valence-electron chi connectivity index (χ0n) is 12.8. The van der Waals surface area contributed by atoms with Crippen LogP contribution < -0.4 is 9.36 Å². The summed E-state index contributed by atoms with van der Waals surface area (Å²) in [5.74, 6) is 0. The Balaban J connectivity index is 2.11. The summed E-state index contributed by atoms with van der Waals surface area (Å²) >= 11 is -2.17. The minimum absolute atomic E-state index is 0.635. The standard InChI is InChI=1S/C19H19NOSe/c1-20(2)18-13-12-16-10-6-7-11-17(16)19(18)22(21)14-15-8-4-3-5-9-15/h3-13H,14H2,1-2H3. The van der Waals surface area contributed by atoms with Gasteiger partial charge in [0.25, 0.3) is 0 Å². The average Bonchev–Trinajstić information content (AvgIpc) is 2.54. The van der Waals surface area contributed by atoms with E-state index in [1.165, 1.54) is 0 Å². The van der Waals surface area contributed by atoms with Crippen molar-refractivity contribution in [3.05, 3.63) is 72.3 Å². The fourth-order valence-corrected chi connectivity index (χ4v) is 5.88. The third kappa shape index (κ3) is 2.96. The Morgan fingerprint density at radius 1 is 0.864 bits per heavy atom. The van der Waals surface area contributed by atoms with Crippen LogP contribution in [0.25, 0.3) is 10.8 Å². The predicted molar refractivity (Wildman–Crippen MR) is 94.5 cm³/mol. The molecule has 22 heavy (non-hydrogen) atoms. The summed E-state index contributed by atoms with van der Waals surface area (Å²) in [4.78, 5) is 2.06. The summed E-state index contributed by atoms with van der Waals surface area (Å²) in [6.45, 7) is 0. The van der Waals surface area contributed by atoms with Crippen molar-refractivity contribution in [2.75, 3.05) is 19.0 Å². The van der Waals surface area contributed by atoms with E-state index < -0.39 is 13.8 Å². The maximum atomic E-state index is 13.1. The molecule has 0 aromatic heterocycles. The molecule has 2 nitrogen and oxygen atoms in total. The molecule has 3 heteroatoms. The van der Waals surface area contributed by atoms with Crippen LogP contribution in [-0.4, -0.2) is 27.9 Å². The van der Waals surface area contributed by atoms with Gasteiger partial charge in [-0.1, -0.05) is 0 Å². The zero-order valence-corrected chi connectivity index (χ0v) is 14.5. The van der Waals surface area contributed by atoms with E-state index in [9.17, 15) is 3.83 Å². The van der Waals surface area contributed by atoms with Crippen molar-refractivity contribution in [1.29, 1.82) is 0 Å². The fraction of sp³-hybridized carbons (Fsp3) is 0.158. The molecule has 0 spiro atoms. The second-order valence-electron chi connectivity index (χ2n) is 5.50. The van der Waals surface area contributed by atoms with Crippen molar-refractivity contribution >= 4 is 34.8 Å². The summed E-state index contributed by atoms with van der Waals surface area (Å²) in [6, 6.07) is 22.5. The fourth-order valence-electron chi connectivity index (χ4n) is 2.62. The third-order valence-electron chi connectivity index (χ3n) is 3.71. The summed E-state index contributed by atoms with van der Waals surface area (Å²) < 4.78 is 14.2. The van der Waals surface area contributed by atoms with Gasteiger partial charge >= 0.3 is 135 Å². The molecular weight excluding hydrogens is 337 g/mol. The van der Waals surface area contributed by atoms with Gasteiger partial charge in [-0.15, -0.1) is 0 Å². The Morgan fingerprint density at radius 2 is 1.55 bits per heavy atom. The Hall–Kier alpha value is -1.96. The van der Waals surface area contributed by atoms with Crippen molar-refractivity contribution in [2.24, 2.45) is 0 Å². The Morgan fingerprint density at radius 3 is 2.27 bits per heavy atom.